The van der Waals surface area contributed by atoms with E-state index in [1.165, 1.54) is 7.11 Å². The zero-order chi connectivity index (χ0) is 18.5. The van der Waals surface area contributed by atoms with Gasteiger partial charge in [0.25, 0.3) is 5.91 Å². The van der Waals surface area contributed by atoms with Gasteiger partial charge in [-0.2, -0.15) is 0 Å². The molecule has 0 radical (unpaired) electrons. The van der Waals surface area contributed by atoms with Crippen LogP contribution in [0, 0.1) is 5.92 Å². The Kier molecular flexibility index (Phi) is 5.51. The van der Waals surface area contributed by atoms with Crippen LogP contribution in [0.4, 0.5) is 11.5 Å². The molecule has 1 aliphatic heterocycles. The van der Waals surface area contributed by atoms with Crippen LogP contribution in [0.15, 0.2) is 42.6 Å². The molecule has 1 saturated heterocycles. The molecule has 1 N–H and O–H groups in total. The number of methoxy groups -OCH3 is 1. The number of esters is 1. The van der Waals surface area contributed by atoms with Crippen LogP contribution >= 0.6 is 0 Å². The average Bonchev–Trinajstić information content (AvgIpc) is 2.68. The van der Waals surface area contributed by atoms with E-state index in [0.29, 0.717) is 16.8 Å². The number of aromatic nitrogens is 1. The molecular weight excluding hydrogens is 330 g/mol. The number of rotatable bonds is 4. The summed E-state index contributed by atoms with van der Waals surface area (Å²) >= 11 is 0. The number of carbonyl (C=O) groups is 2. The quantitative estimate of drug-likeness (QED) is 0.854. The second-order valence-corrected chi connectivity index (χ2v) is 6.60. The molecule has 0 aliphatic carbocycles. The van der Waals surface area contributed by atoms with E-state index in [9.17, 15) is 9.59 Å². The van der Waals surface area contributed by atoms with Crippen molar-refractivity contribution in [3.05, 3.63) is 53.7 Å². The van der Waals surface area contributed by atoms with Crippen LogP contribution in [0.5, 0.6) is 0 Å². The molecule has 3 rings (SSSR count). The summed E-state index contributed by atoms with van der Waals surface area (Å²) in [4.78, 5) is 30.6. The fraction of sp³-hybridized carbons (Fsp3) is 0.350. The Morgan fingerprint density at radius 1 is 1.12 bits per heavy atom. The molecule has 2 heterocycles. The standard InChI is InChI=1S/C20H23N3O3/c1-14-8-11-23(12-9-14)18-13-16(7-10-21-18)19(24)22-17-5-3-15(4-6-17)20(25)26-2/h3-7,10,13-14H,8-9,11-12H2,1-2H3,(H,22,24). The van der Waals surface area contributed by atoms with Crippen molar-refractivity contribution in [2.24, 2.45) is 5.92 Å². The Morgan fingerprint density at radius 3 is 2.46 bits per heavy atom. The molecular formula is C20H23N3O3. The molecule has 1 fully saturated rings. The molecule has 6 nitrogen and oxygen atoms in total. The van der Waals surface area contributed by atoms with Crippen LogP contribution < -0.4 is 10.2 Å². The highest BCUT2D eigenvalue weighted by molar-refractivity contribution is 6.04. The molecule has 0 bridgehead atoms. The van der Waals surface area contributed by atoms with Crippen LogP contribution in [0.25, 0.3) is 0 Å². The summed E-state index contributed by atoms with van der Waals surface area (Å²) in [6.45, 7) is 4.20. The van der Waals surface area contributed by atoms with Crippen molar-refractivity contribution in [2.75, 3.05) is 30.4 Å². The third-order valence-electron chi connectivity index (χ3n) is 4.68. The summed E-state index contributed by atoms with van der Waals surface area (Å²) in [5, 5.41) is 2.84. The molecule has 1 amide bonds. The van der Waals surface area contributed by atoms with Crippen molar-refractivity contribution in [3.8, 4) is 0 Å². The summed E-state index contributed by atoms with van der Waals surface area (Å²) in [5.74, 6) is 0.971. The van der Waals surface area contributed by atoms with Gasteiger partial charge in [0.1, 0.15) is 5.82 Å². The predicted molar refractivity (Wildman–Crippen MR) is 101 cm³/mol. The van der Waals surface area contributed by atoms with E-state index in [4.69, 9.17) is 0 Å². The SMILES string of the molecule is COC(=O)c1ccc(NC(=O)c2ccnc(N3CCC(C)CC3)c2)cc1. The Labute approximate surface area is 153 Å². The number of ether oxygens (including phenoxy) is 1. The van der Waals surface area contributed by atoms with Crippen LogP contribution in [0.2, 0.25) is 0 Å². The summed E-state index contributed by atoms with van der Waals surface area (Å²) < 4.78 is 4.67. The minimum Gasteiger partial charge on any atom is -0.465 e. The predicted octanol–water partition coefficient (Wildman–Crippen LogP) is 3.36. The summed E-state index contributed by atoms with van der Waals surface area (Å²) in [7, 11) is 1.34. The van der Waals surface area contributed by atoms with Gasteiger partial charge in [-0.25, -0.2) is 9.78 Å². The molecule has 1 aromatic heterocycles. The molecule has 1 aromatic carbocycles. The summed E-state index contributed by atoms with van der Waals surface area (Å²) in [5.41, 5.74) is 1.62. The molecule has 0 spiro atoms. The van der Waals surface area contributed by atoms with Crippen molar-refractivity contribution in [1.82, 2.24) is 4.98 Å². The van der Waals surface area contributed by atoms with Crippen molar-refractivity contribution in [3.63, 3.8) is 0 Å². The zero-order valence-corrected chi connectivity index (χ0v) is 15.1. The van der Waals surface area contributed by atoms with Crippen LogP contribution in [0.3, 0.4) is 0 Å². The van der Waals surface area contributed by atoms with E-state index in [1.807, 2.05) is 6.07 Å². The lowest BCUT2D eigenvalue weighted by Crippen LogP contribution is -2.33. The van der Waals surface area contributed by atoms with Gasteiger partial charge in [-0.3, -0.25) is 4.79 Å². The van der Waals surface area contributed by atoms with Gasteiger partial charge in [-0.1, -0.05) is 6.92 Å². The van der Waals surface area contributed by atoms with Crippen LogP contribution in [-0.4, -0.2) is 37.1 Å². The number of carbonyl (C=O) groups excluding carboxylic acids is 2. The van der Waals surface area contributed by atoms with Gasteiger partial charge in [0.2, 0.25) is 0 Å². The molecule has 0 unspecified atom stereocenters. The Bertz CT molecular complexity index is 781. The monoisotopic (exact) mass is 353 g/mol. The number of nitrogens with one attached hydrogen (secondary N) is 1. The first-order valence-electron chi connectivity index (χ1n) is 8.77. The summed E-state index contributed by atoms with van der Waals surface area (Å²) in [6.07, 6.45) is 3.96. The van der Waals surface area contributed by atoms with Gasteiger partial charge in [-0.15, -0.1) is 0 Å². The average molecular weight is 353 g/mol. The molecule has 136 valence electrons. The fourth-order valence-corrected chi connectivity index (χ4v) is 2.98. The van der Waals surface area contributed by atoms with Gasteiger partial charge < -0.3 is 15.0 Å². The number of benzene rings is 1. The topological polar surface area (TPSA) is 71.5 Å². The molecule has 1 aliphatic rings. The van der Waals surface area contributed by atoms with E-state index >= 15 is 0 Å². The van der Waals surface area contributed by atoms with Crippen molar-refractivity contribution < 1.29 is 14.3 Å². The molecule has 6 heteroatoms. The lowest BCUT2D eigenvalue weighted by molar-refractivity contribution is 0.0600. The van der Waals surface area contributed by atoms with Gasteiger partial charge in [0.05, 0.1) is 12.7 Å². The third-order valence-corrected chi connectivity index (χ3v) is 4.68. The van der Waals surface area contributed by atoms with Gasteiger partial charge in [0, 0.05) is 30.5 Å². The largest absolute Gasteiger partial charge is 0.465 e. The zero-order valence-electron chi connectivity index (χ0n) is 15.1. The van der Waals surface area contributed by atoms with Crippen LogP contribution in [0.1, 0.15) is 40.5 Å². The maximum atomic E-state index is 12.5. The smallest absolute Gasteiger partial charge is 0.337 e. The molecule has 2 aromatic rings. The highest BCUT2D eigenvalue weighted by Crippen LogP contribution is 2.22. The van der Waals surface area contributed by atoms with Crippen molar-refractivity contribution in [2.45, 2.75) is 19.8 Å². The number of anilines is 2. The Morgan fingerprint density at radius 2 is 1.81 bits per heavy atom. The number of piperidine rings is 1. The maximum absolute atomic E-state index is 12.5. The van der Waals surface area contributed by atoms with Gasteiger partial charge >= 0.3 is 5.97 Å². The number of pyridine rings is 1. The molecule has 26 heavy (non-hydrogen) atoms. The first kappa shape index (κ1) is 17.9. The van der Waals surface area contributed by atoms with E-state index in [-0.39, 0.29) is 5.91 Å². The lowest BCUT2D eigenvalue weighted by atomic mass is 9.99. The van der Waals surface area contributed by atoms with E-state index in [2.05, 4.69) is 26.9 Å². The third kappa shape index (κ3) is 4.20. The number of hydrogen-bond donors (Lipinski definition) is 1. The number of nitrogens with zero attached hydrogens (tertiary/aromatic N) is 2. The Balaban J connectivity index is 1.68. The normalized spacial score (nSPS) is 14.8. The number of amides is 1. The molecule has 0 saturated carbocycles. The fourth-order valence-electron chi connectivity index (χ4n) is 2.98. The maximum Gasteiger partial charge on any atom is 0.337 e. The van der Waals surface area contributed by atoms with Crippen molar-refractivity contribution >= 4 is 23.4 Å². The first-order valence-corrected chi connectivity index (χ1v) is 8.77. The minimum absolute atomic E-state index is 0.204. The minimum atomic E-state index is -0.405. The van der Waals surface area contributed by atoms with Crippen LogP contribution in [-0.2, 0) is 4.74 Å². The molecule has 0 atom stereocenters. The highest BCUT2D eigenvalue weighted by Gasteiger charge is 2.18. The van der Waals surface area contributed by atoms with Gasteiger partial charge in [-0.05, 0) is 55.2 Å². The van der Waals surface area contributed by atoms with E-state index < -0.39 is 5.97 Å². The van der Waals surface area contributed by atoms with E-state index in [0.717, 1.165) is 37.7 Å². The van der Waals surface area contributed by atoms with E-state index in [1.54, 1.807) is 36.5 Å². The Hall–Kier alpha value is -2.89. The highest BCUT2D eigenvalue weighted by atomic mass is 16.5. The second-order valence-electron chi connectivity index (χ2n) is 6.60. The lowest BCUT2D eigenvalue weighted by Gasteiger charge is -2.31. The second kappa shape index (κ2) is 7.99. The van der Waals surface area contributed by atoms with Gasteiger partial charge in [0.15, 0.2) is 0 Å². The van der Waals surface area contributed by atoms with Crippen molar-refractivity contribution in [1.29, 1.82) is 0 Å². The number of hydrogen-bond acceptors (Lipinski definition) is 5. The summed E-state index contributed by atoms with van der Waals surface area (Å²) in [6, 6.07) is 10.1. The first-order chi connectivity index (χ1) is 12.6.